The number of benzene rings is 1. The average Bonchev–Trinajstić information content (AvgIpc) is 2.65. The van der Waals surface area contributed by atoms with Crippen LogP contribution in [0.2, 0.25) is 0 Å². The molecule has 0 saturated carbocycles. The standard InChI is InChI=1S/C10H6O4/c11-9-4-1-6-7(14-9)2-3-8-10(6)13-5-12-8/h1-4H,5H2. The maximum atomic E-state index is 10.9. The summed E-state index contributed by atoms with van der Waals surface area (Å²) in [6.07, 6.45) is 0. The Balaban J connectivity index is 2.44. The monoisotopic (exact) mass is 190 g/mol. The Morgan fingerprint density at radius 2 is 2.00 bits per heavy atom. The summed E-state index contributed by atoms with van der Waals surface area (Å²) in [6.45, 7) is 0.216. The first-order valence-electron chi connectivity index (χ1n) is 4.17. The molecule has 1 aliphatic rings. The predicted octanol–water partition coefficient (Wildman–Crippen LogP) is 1.52. The van der Waals surface area contributed by atoms with E-state index in [9.17, 15) is 4.79 Å². The Hall–Kier alpha value is -1.97. The molecule has 0 N–H and O–H groups in total. The van der Waals surface area contributed by atoms with Crippen LogP contribution in [0.15, 0.2) is 33.5 Å². The molecule has 0 atom stereocenters. The lowest BCUT2D eigenvalue weighted by Crippen LogP contribution is -1.95. The second kappa shape index (κ2) is 2.51. The van der Waals surface area contributed by atoms with Crippen molar-refractivity contribution < 1.29 is 13.9 Å². The molecular formula is C10H6O4. The third-order valence-electron chi connectivity index (χ3n) is 2.13. The van der Waals surface area contributed by atoms with Gasteiger partial charge in [0.15, 0.2) is 11.5 Å². The van der Waals surface area contributed by atoms with Gasteiger partial charge in [-0.25, -0.2) is 4.79 Å². The van der Waals surface area contributed by atoms with Gasteiger partial charge in [0.1, 0.15) is 5.58 Å². The Bertz CT molecular complexity index is 556. The fourth-order valence-corrected chi connectivity index (χ4v) is 1.52. The number of fused-ring (bicyclic) bond motifs is 3. The molecule has 14 heavy (non-hydrogen) atoms. The number of ether oxygens (including phenoxy) is 2. The molecule has 0 bridgehead atoms. The van der Waals surface area contributed by atoms with Crippen LogP contribution in [0.1, 0.15) is 0 Å². The predicted molar refractivity (Wildman–Crippen MR) is 48.6 cm³/mol. The third kappa shape index (κ3) is 0.907. The lowest BCUT2D eigenvalue weighted by molar-refractivity contribution is 0.175. The highest BCUT2D eigenvalue weighted by Gasteiger charge is 2.17. The van der Waals surface area contributed by atoms with Gasteiger partial charge in [0.05, 0.1) is 5.39 Å². The number of rotatable bonds is 0. The smallest absolute Gasteiger partial charge is 0.336 e. The molecule has 0 aliphatic carbocycles. The molecule has 3 rings (SSSR count). The highest BCUT2D eigenvalue weighted by atomic mass is 16.7. The topological polar surface area (TPSA) is 48.7 Å². The molecule has 0 spiro atoms. The normalized spacial score (nSPS) is 13.4. The first kappa shape index (κ1) is 7.44. The van der Waals surface area contributed by atoms with E-state index in [1.807, 2.05) is 0 Å². The van der Waals surface area contributed by atoms with Gasteiger partial charge in [0.2, 0.25) is 6.79 Å². The maximum Gasteiger partial charge on any atom is 0.336 e. The minimum atomic E-state index is -0.364. The summed E-state index contributed by atoms with van der Waals surface area (Å²) in [5.74, 6) is 1.33. The van der Waals surface area contributed by atoms with E-state index < -0.39 is 0 Å². The molecule has 2 heterocycles. The van der Waals surface area contributed by atoms with Crippen molar-refractivity contribution in [1.82, 2.24) is 0 Å². The van der Waals surface area contributed by atoms with Gasteiger partial charge in [-0.2, -0.15) is 0 Å². The van der Waals surface area contributed by atoms with E-state index in [0.29, 0.717) is 17.1 Å². The Labute approximate surface area is 78.7 Å². The van der Waals surface area contributed by atoms with E-state index in [4.69, 9.17) is 13.9 Å². The second-order valence-electron chi connectivity index (χ2n) is 2.97. The van der Waals surface area contributed by atoms with Crippen molar-refractivity contribution in [1.29, 1.82) is 0 Å². The second-order valence-corrected chi connectivity index (χ2v) is 2.97. The molecular weight excluding hydrogens is 184 g/mol. The van der Waals surface area contributed by atoms with Gasteiger partial charge < -0.3 is 13.9 Å². The summed E-state index contributed by atoms with van der Waals surface area (Å²) in [5.41, 5.74) is 0.151. The minimum absolute atomic E-state index is 0.216. The SMILES string of the molecule is O=c1ccc2c3c(ccc2o1)OCO3. The van der Waals surface area contributed by atoms with Crippen LogP contribution >= 0.6 is 0 Å². The molecule has 1 aromatic heterocycles. The first-order valence-corrected chi connectivity index (χ1v) is 4.17. The molecule has 4 nitrogen and oxygen atoms in total. The van der Waals surface area contributed by atoms with Crippen molar-refractivity contribution in [2.75, 3.05) is 6.79 Å². The lowest BCUT2D eigenvalue weighted by atomic mass is 10.2. The fraction of sp³-hybridized carbons (Fsp3) is 0.100. The zero-order valence-corrected chi connectivity index (χ0v) is 7.15. The number of hydrogen-bond acceptors (Lipinski definition) is 4. The fourth-order valence-electron chi connectivity index (χ4n) is 1.52. The summed E-state index contributed by atoms with van der Waals surface area (Å²) in [5, 5.41) is 0.764. The van der Waals surface area contributed by atoms with Gasteiger partial charge in [-0.1, -0.05) is 0 Å². The first-order chi connectivity index (χ1) is 6.84. The van der Waals surface area contributed by atoms with Crippen LogP contribution in [0.5, 0.6) is 11.5 Å². The zero-order chi connectivity index (χ0) is 9.54. The average molecular weight is 190 g/mol. The molecule has 70 valence electrons. The third-order valence-corrected chi connectivity index (χ3v) is 2.13. The quantitative estimate of drug-likeness (QED) is 0.591. The molecule has 0 saturated heterocycles. The van der Waals surface area contributed by atoms with E-state index in [1.54, 1.807) is 18.2 Å². The Morgan fingerprint density at radius 1 is 1.07 bits per heavy atom. The Kier molecular flexibility index (Phi) is 1.33. The molecule has 0 amide bonds. The van der Waals surface area contributed by atoms with Crippen LogP contribution in [0, 0.1) is 0 Å². The zero-order valence-electron chi connectivity index (χ0n) is 7.15. The van der Waals surface area contributed by atoms with Gasteiger partial charge in [-0.05, 0) is 18.2 Å². The molecule has 1 aromatic carbocycles. The molecule has 4 heteroatoms. The van der Waals surface area contributed by atoms with E-state index in [-0.39, 0.29) is 12.4 Å². The summed E-state index contributed by atoms with van der Waals surface area (Å²) < 4.78 is 15.5. The summed E-state index contributed by atoms with van der Waals surface area (Å²) >= 11 is 0. The highest BCUT2D eigenvalue weighted by Crippen LogP contribution is 2.38. The molecule has 0 unspecified atom stereocenters. The highest BCUT2D eigenvalue weighted by molar-refractivity contribution is 5.86. The lowest BCUT2D eigenvalue weighted by Gasteiger charge is -1.99. The summed E-state index contributed by atoms with van der Waals surface area (Å²) in [6, 6.07) is 6.47. The number of hydrogen-bond donors (Lipinski definition) is 0. The van der Waals surface area contributed by atoms with Gasteiger partial charge >= 0.3 is 5.63 Å². The van der Waals surface area contributed by atoms with Crippen molar-refractivity contribution in [2.45, 2.75) is 0 Å². The van der Waals surface area contributed by atoms with E-state index >= 15 is 0 Å². The van der Waals surface area contributed by atoms with Crippen molar-refractivity contribution in [2.24, 2.45) is 0 Å². The van der Waals surface area contributed by atoms with Crippen molar-refractivity contribution >= 4 is 11.0 Å². The van der Waals surface area contributed by atoms with Crippen LogP contribution in [0.4, 0.5) is 0 Å². The summed E-state index contributed by atoms with van der Waals surface area (Å²) in [4.78, 5) is 10.9. The van der Waals surface area contributed by atoms with Gasteiger partial charge in [0.25, 0.3) is 0 Å². The van der Waals surface area contributed by atoms with Crippen LogP contribution in [-0.4, -0.2) is 6.79 Å². The maximum absolute atomic E-state index is 10.9. The molecule has 0 radical (unpaired) electrons. The van der Waals surface area contributed by atoms with Gasteiger partial charge in [-0.3, -0.25) is 0 Å². The van der Waals surface area contributed by atoms with Crippen LogP contribution in [-0.2, 0) is 0 Å². The Morgan fingerprint density at radius 3 is 2.93 bits per heavy atom. The van der Waals surface area contributed by atoms with E-state index in [0.717, 1.165) is 5.39 Å². The molecule has 2 aromatic rings. The van der Waals surface area contributed by atoms with Crippen molar-refractivity contribution in [3.8, 4) is 11.5 Å². The minimum Gasteiger partial charge on any atom is -0.454 e. The van der Waals surface area contributed by atoms with Gasteiger partial charge in [-0.15, -0.1) is 0 Å². The van der Waals surface area contributed by atoms with Crippen LogP contribution < -0.4 is 15.1 Å². The van der Waals surface area contributed by atoms with E-state index in [2.05, 4.69) is 0 Å². The van der Waals surface area contributed by atoms with Crippen molar-refractivity contribution in [3.63, 3.8) is 0 Å². The molecule has 0 fully saturated rings. The van der Waals surface area contributed by atoms with Crippen LogP contribution in [0.3, 0.4) is 0 Å². The largest absolute Gasteiger partial charge is 0.454 e. The van der Waals surface area contributed by atoms with Crippen LogP contribution in [0.25, 0.3) is 11.0 Å². The van der Waals surface area contributed by atoms with Crippen molar-refractivity contribution in [3.05, 3.63) is 34.7 Å². The van der Waals surface area contributed by atoms with Gasteiger partial charge in [0, 0.05) is 6.07 Å². The molecule has 1 aliphatic heterocycles. The van der Waals surface area contributed by atoms with E-state index in [1.165, 1.54) is 6.07 Å². The summed E-state index contributed by atoms with van der Waals surface area (Å²) in [7, 11) is 0.